The molecule has 0 bridgehead atoms. The molecule has 0 amide bonds. The number of nitrogen functional groups attached to an aromatic ring is 2. The van der Waals surface area contributed by atoms with Crippen molar-refractivity contribution in [3.8, 4) is 21.1 Å². The molecule has 51 heavy (non-hydrogen) atoms. The highest BCUT2D eigenvalue weighted by Gasteiger charge is 2.26. The molecule has 0 saturated heterocycles. The maximum absolute atomic E-state index is 6.31. The summed E-state index contributed by atoms with van der Waals surface area (Å²) >= 11 is 3.46. The van der Waals surface area contributed by atoms with Gasteiger partial charge in [0.25, 0.3) is 0 Å². The zero-order chi connectivity index (χ0) is 34.6. The lowest BCUT2D eigenvalue weighted by Crippen LogP contribution is -2.03. The van der Waals surface area contributed by atoms with E-state index < -0.39 is 0 Å². The van der Waals surface area contributed by atoms with E-state index in [1.165, 1.54) is 43.2 Å². The smallest absolute Gasteiger partial charge is 0.222 e. The number of anilines is 2. The predicted molar refractivity (Wildman–Crippen MR) is 207 cm³/mol. The van der Waals surface area contributed by atoms with E-state index in [9.17, 15) is 0 Å². The molecule has 0 saturated carbocycles. The second-order valence-corrected chi connectivity index (χ2v) is 15.4. The molecule has 252 valence electrons. The van der Waals surface area contributed by atoms with Crippen LogP contribution in [-0.2, 0) is 13.1 Å². The number of hydrogen-bond donors (Lipinski definition) is 2. The molecule has 2 aromatic carbocycles. The SMILES string of the molecule is Cc1sc(-c2nc(N)nc3c2ncn3Cc2ccccc2)cc1C1=C(c2cc(-c3nc(N)nc4c3ncn4Cc3ccccc3)sc2C)CCC1. The first-order valence-electron chi connectivity index (χ1n) is 16.9. The van der Waals surface area contributed by atoms with Gasteiger partial charge in [0.15, 0.2) is 11.3 Å². The van der Waals surface area contributed by atoms with Gasteiger partial charge in [-0.3, -0.25) is 0 Å². The van der Waals surface area contributed by atoms with Gasteiger partial charge in [-0.05, 0) is 78.6 Å². The third-order valence-corrected chi connectivity index (χ3v) is 11.6. The van der Waals surface area contributed by atoms with Crippen molar-refractivity contribution in [1.82, 2.24) is 39.0 Å². The molecule has 4 N–H and O–H groups in total. The molecule has 0 aliphatic heterocycles. The maximum Gasteiger partial charge on any atom is 0.222 e. The Morgan fingerprint density at radius 3 is 1.47 bits per heavy atom. The summed E-state index contributed by atoms with van der Waals surface area (Å²) in [5, 5.41) is 0. The number of nitrogens with two attached hydrogens (primary N) is 2. The van der Waals surface area contributed by atoms with Crippen LogP contribution in [0.4, 0.5) is 11.9 Å². The van der Waals surface area contributed by atoms with Crippen LogP contribution in [0.5, 0.6) is 0 Å². The Morgan fingerprint density at radius 2 is 1.04 bits per heavy atom. The number of aryl methyl sites for hydroxylation is 2. The van der Waals surface area contributed by atoms with Gasteiger partial charge >= 0.3 is 0 Å². The van der Waals surface area contributed by atoms with Gasteiger partial charge in [0.1, 0.15) is 22.4 Å². The normalized spacial score (nSPS) is 13.3. The second-order valence-electron chi connectivity index (χ2n) is 12.9. The lowest BCUT2D eigenvalue weighted by Gasteiger charge is -2.08. The molecular formula is C39H34N10S2. The van der Waals surface area contributed by atoms with Crippen LogP contribution in [0.3, 0.4) is 0 Å². The van der Waals surface area contributed by atoms with Crippen LogP contribution in [0.1, 0.15) is 51.3 Å². The van der Waals surface area contributed by atoms with Crippen molar-refractivity contribution in [2.75, 3.05) is 11.5 Å². The molecule has 1 aliphatic carbocycles. The van der Waals surface area contributed by atoms with Gasteiger partial charge in [0, 0.05) is 9.75 Å². The van der Waals surface area contributed by atoms with Crippen LogP contribution in [0.15, 0.2) is 85.5 Å². The number of benzene rings is 2. The molecule has 6 aromatic heterocycles. The zero-order valence-electron chi connectivity index (χ0n) is 28.2. The van der Waals surface area contributed by atoms with Gasteiger partial charge in [0.05, 0.1) is 35.5 Å². The average Bonchev–Trinajstić information content (AvgIpc) is 3.97. The van der Waals surface area contributed by atoms with Crippen LogP contribution < -0.4 is 11.5 Å². The van der Waals surface area contributed by atoms with E-state index in [0.717, 1.165) is 62.7 Å². The van der Waals surface area contributed by atoms with Gasteiger partial charge in [0.2, 0.25) is 11.9 Å². The Kier molecular flexibility index (Phi) is 7.70. The van der Waals surface area contributed by atoms with Gasteiger partial charge in [-0.15, -0.1) is 22.7 Å². The maximum atomic E-state index is 6.31. The van der Waals surface area contributed by atoms with Crippen LogP contribution in [0.25, 0.3) is 54.6 Å². The predicted octanol–water partition coefficient (Wildman–Crippen LogP) is 8.40. The fourth-order valence-electron chi connectivity index (χ4n) is 7.19. The molecule has 12 heteroatoms. The van der Waals surface area contributed by atoms with Gasteiger partial charge in [-0.1, -0.05) is 60.7 Å². The Bertz CT molecular complexity index is 2430. The molecule has 0 radical (unpaired) electrons. The van der Waals surface area contributed by atoms with Crippen molar-refractivity contribution in [2.45, 2.75) is 46.2 Å². The Hall–Kier alpha value is -5.72. The van der Waals surface area contributed by atoms with Gasteiger partial charge < -0.3 is 20.6 Å². The molecule has 8 aromatic rings. The Labute approximate surface area is 302 Å². The molecule has 9 rings (SSSR count). The van der Waals surface area contributed by atoms with E-state index in [-0.39, 0.29) is 11.9 Å². The van der Waals surface area contributed by atoms with Crippen molar-refractivity contribution in [2.24, 2.45) is 0 Å². The summed E-state index contributed by atoms with van der Waals surface area (Å²) < 4.78 is 4.07. The Morgan fingerprint density at radius 1 is 0.608 bits per heavy atom. The standard InChI is InChI=1S/C39H34N10S2/c1-22-28(16-30(50-22)32-34-36(46-38(40)44-32)48(20-42-34)18-24-10-5-3-6-11-24)26-14-9-15-27(26)29-17-31(51-23(29)2)33-35-37(47-39(41)45-33)49(21-43-35)19-25-12-7-4-8-13-25/h3-8,10-13,16-17,20-21H,9,14-15,18-19H2,1-2H3,(H2,40,44,46)(H2,41,45,47). The number of imidazole rings is 2. The Balaban J connectivity index is 1.08. The number of allylic oxidation sites excluding steroid dienone is 2. The fourth-order valence-corrected chi connectivity index (χ4v) is 9.27. The first-order chi connectivity index (χ1) is 24.9. The van der Waals surface area contributed by atoms with E-state index in [2.05, 4.69) is 60.2 Å². The van der Waals surface area contributed by atoms with Crippen LogP contribution in [0.2, 0.25) is 0 Å². The summed E-state index contributed by atoms with van der Waals surface area (Å²) in [6, 6.07) is 25.1. The minimum absolute atomic E-state index is 0.242. The van der Waals surface area contributed by atoms with Crippen molar-refractivity contribution >= 4 is 68.0 Å². The molecule has 6 heterocycles. The first kappa shape index (κ1) is 31.3. The highest BCUT2D eigenvalue weighted by molar-refractivity contribution is 7.16. The minimum Gasteiger partial charge on any atom is -0.368 e. The molecule has 10 nitrogen and oxygen atoms in total. The number of nitrogens with zero attached hydrogens (tertiary/aromatic N) is 8. The summed E-state index contributed by atoms with van der Waals surface area (Å²) in [6.07, 6.45) is 6.79. The third kappa shape index (κ3) is 5.66. The molecule has 0 unspecified atom stereocenters. The number of aromatic nitrogens is 8. The van der Waals surface area contributed by atoms with Crippen molar-refractivity contribution in [3.63, 3.8) is 0 Å². The molecule has 1 aliphatic rings. The second kappa shape index (κ2) is 12.6. The van der Waals surface area contributed by atoms with E-state index in [4.69, 9.17) is 31.4 Å². The monoisotopic (exact) mass is 706 g/mol. The van der Waals surface area contributed by atoms with Crippen LogP contribution >= 0.6 is 22.7 Å². The number of hydrogen-bond acceptors (Lipinski definition) is 10. The topological polar surface area (TPSA) is 139 Å². The quantitative estimate of drug-likeness (QED) is 0.161. The fraction of sp³-hybridized carbons (Fsp3) is 0.179. The molecule has 0 fully saturated rings. The van der Waals surface area contributed by atoms with Gasteiger partial charge in [-0.25, -0.2) is 19.9 Å². The first-order valence-corrected chi connectivity index (χ1v) is 18.5. The van der Waals surface area contributed by atoms with E-state index in [0.29, 0.717) is 13.1 Å². The average molecular weight is 707 g/mol. The van der Waals surface area contributed by atoms with Gasteiger partial charge in [-0.2, -0.15) is 9.97 Å². The van der Waals surface area contributed by atoms with Crippen molar-refractivity contribution < 1.29 is 0 Å². The van der Waals surface area contributed by atoms with Crippen molar-refractivity contribution in [1.29, 1.82) is 0 Å². The van der Waals surface area contributed by atoms with Crippen LogP contribution in [0, 0.1) is 13.8 Å². The van der Waals surface area contributed by atoms with E-state index >= 15 is 0 Å². The summed E-state index contributed by atoms with van der Waals surface area (Å²) in [7, 11) is 0. The molecule has 0 spiro atoms. The number of rotatable bonds is 8. The summed E-state index contributed by atoms with van der Waals surface area (Å²) in [5.41, 5.74) is 24.8. The lowest BCUT2D eigenvalue weighted by molar-refractivity contribution is 0.814. The largest absolute Gasteiger partial charge is 0.368 e. The summed E-state index contributed by atoms with van der Waals surface area (Å²) in [5.74, 6) is 0.484. The minimum atomic E-state index is 0.242. The highest BCUT2D eigenvalue weighted by Crippen LogP contribution is 2.47. The van der Waals surface area contributed by atoms with E-state index in [1.54, 1.807) is 22.7 Å². The molecular weight excluding hydrogens is 673 g/mol. The molecule has 0 atom stereocenters. The van der Waals surface area contributed by atoms with Crippen LogP contribution in [-0.4, -0.2) is 39.0 Å². The number of thiophene rings is 2. The lowest BCUT2D eigenvalue weighted by atomic mass is 9.97. The number of fused-ring (bicyclic) bond motifs is 2. The third-order valence-electron chi connectivity index (χ3n) is 9.52. The van der Waals surface area contributed by atoms with Crippen molar-refractivity contribution in [3.05, 3.63) is 117 Å². The highest BCUT2D eigenvalue weighted by atomic mass is 32.1. The van der Waals surface area contributed by atoms with E-state index in [1.807, 2.05) is 58.2 Å². The summed E-state index contributed by atoms with van der Waals surface area (Å²) in [4.78, 5) is 32.8. The summed E-state index contributed by atoms with van der Waals surface area (Å²) in [6.45, 7) is 5.70. The zero-order valence-corrected chi connectivity index (χ0v) is 29.8.